The average molecular weight is 364 g/mol. The van der Waals surface area contributed by atoms with Crippen molar-refractivity contribution in [3.05, 3.63) is 65.7 Å². The van der Waals surface area contributed by atoms with Crippen molar-refractivity contribution in [2.45, 2.75) is 20.8 Å². The Bertz CT molecular complexity index is 780. The van der Waals surface area contributed by atoms with E-state index in [-0.39, 0.29) is 11.3 Å². The molecule has 0 saturated carbocycles. The summed E-state index contributed by atoms with van der Waals surface area (Å²) in [5, 5.41) is 6.33. The normalized spacial score (nSPS) is 15.1. The van der Waals surface area contributed by atoms with Gasteiger partial charge in [-0.05, 0) is 47.4 Å². The van der Waals surface area contributed by atoms with Gasteiger partial charge in [0, 0.05) is 43.1 Å². The molecule has 0 atom stereocenters. The Morgan fingerprint density at radius 2 is 1.63 bits per heavy atom. The molecule has 2 N–H and O–H groups in total. The number of nitrogens with one attached hydrogen (secondary N) is 2. The van der Waals surface area contributed by atoms with E-state index >= 15 is 0 Å². The molecule has 2 aromatic rings. The molecule has 4 nitrogen and oxygen atoms in total. The molecule has 27 heavy (non-hydrogen) atoms. The molecule has 142 valence electrons. The van der Waals surface area contributed by atoms with E-state index in [1.54, 1.807) is 0 Å². The molecule has 1 saturated heterocycles. The highest BCUT2D eigenvalue weighted by atomic mass is 16.1. The zero-order valence-electron chi connectivity index (χ0n) is 16.5. The third-order valence-corrected chi connectivity index (χ3v) is 4.56. The van der Waals surface area contributed by atoms with Gasteiger partial charge < -0.3 is 15.5 Å². The Morgan fingerprint density at radius 3 is 2.22 bits per heavy atom. The van der Waals surface area contributed by atoms with E-state index in [9.17, 15) is 4.79 Å². The minimum atomic E-state index is -0.0868. The van der Waals surface area contributed by atoms with Crippen LogP contribution in [0.2, 0.25) is 0 Å². The van der Waals surface area contributed by atoms with Crippen LogP contribution in [0.5, 0.6) is 0 Å². The van der Waals surface area contributed by atoms with Crippen LogP contribution >= 0.6 is 0 Å². The molecule has 1 aliphatic heterocycles. The number of rotatable bonds is 4. The molecule has 1 aliphatic rings. The summed E-state index contributed by atoms with van der Waals surface area (Å²) in [7, 11) is 0. The highest BCUT2D eigenvalue weighted by molar-refractivity contribution is 6.04. The maximum atomic E-state index is 12.5. The van der Waals surface area contributed by atoms with Gasteiger partial charge in [-0.3, -0.25) is 4.79 Å². The molecule has 0 unspecified atom stereocenters. The molecule has 4 heteroatoms. The van der Waals surface area contributed by atoms with Crippen LogP contribution in [0.15, 0.2) is 54.6 Å². The van der Waals surface area contributed by atoms with Crippen molar-refractivity contribution in [2.75, 3.05) is 36.4 Å². The van der Waals surface area contributed by atoms with Gasteiger partial charge in [-0.1, -0.05) is 45.1 Å². The lowest BCUT2D eigenvalue weighted by Crippen LogP contribution is -2.43. The van der Waals surface area contributed by atoms with Crippen molar-refractivity contribution in [3.8, 4) is 0 Å². The van der Waals surface area contributed by atoms with Crippen molar-refractivity contribution in [2.24, 2.45) is 5.41 Å². The Morgan fingerprint density at radius 1 is 1.00 bits per heavy atom. The number of hydrogen-bond acceptors (Lipinski definition) is 3. The molecular weight excluding hydrogens is 334 g/mol. The largest absolute Gasteiger partial charge is 0.369 e. The second-order valence-electron chi connectivity index (χ2n) is 8.06. The molecule has 1 heterocycles. The molecule has 0 radical (unpaired) electrons. The highest BCUT2D eigenvalue weighted by Crippen LogP contribution is 2.20. The van der Waals surface area contributed by atoms with E-state index in [0.717, 1.165) is 37.4 Å². The van der Waals surface area contributed by atoms with Gasteiger partial charge in [0.05, 0.1) is 0 Å². The Balaban J connectivity index is 1.60. The van der Waals surface area contributed by atoms with Gasteiger partial charge in [-0.25, -0.2) is 0 Å². The smallest absolute Gasteiger partial charge is 0.255 e. The van der Waals surface area contributed by atoms with Crippen LogP contribution < -0.4 is 15.5 Å². The van der Waals surface area contributed by atoms with Crippen LogP contribution in [0.1, 0.15) is 36.7 Å². The number of carbonyl (C=O) groups is 1. The van der Waals surface area contributed by atoms with Crippen molar-refractivity contribution < 1.29 is 4.79 Å². The first-order valence-corrected chi connectivity index (χ1v) is 9.57. The van der Waals surface area contributed by atoms with Crippen molar-refractivity contribution in [1.29, 1.82) is 0 Å². The van der Waals surface area contributed by atoms with E-state index in [0.29, 0.717) is 5.56 Å². The van der Waals surface area contributed by atoms with Crippen LogP contribution in [0, 0.1) is 5.41 Å². The summed E-state index contributed by atoms with van der Waals surface area (Å²) in [6.07, 6.45) is 4.26. The average Bonchev–Trinajstić information content (AvgIpc) is 2.67. The van der Waals surface area contributed by atoms with Gasteiger partial charge in [0.25, 0.3) is 5.91 Å². The monoisotopic (exact) mass is 363 g/mol. The summed E-state index contributed by atoms with van der Waals surface area (Å²) in [4.78, 5) is 14.8. The molecule has 0 bridgehead atoms. The van der Waals surface area contributed by atoms with Gasteiger partial charge in [0.15, 0.2) is 0 Å². The van der Waals surface area contributed by atoms with Crippen LogP contribution in [-0.2, 0) is 0 Å². The summed E-state index contributed by atoms with van der Waals surface area (Å²) in [5.41, 5.74) is 3.92. The standard InChI is InChI=1S/C23H29N3O/c1-23(2,3)13-12-18-4-6-19(7-5-18)22(27)25-20-8-10-21(11-9-20)26-16-14-24-15-17-26/h4-13,24H,14-17H2,1-3H3,(H,25,27). The molecule has 1 amide bonds. The maximum Gasteiger partial charge on any atom is 0.255 e. The molecule has 3 rings (SSSR count). The van der Waals surface area contributed by atoms with Crippen LogP contribution in [0.4, 0.5) is 11.4 Å². The lowest BCUT2D eigenvalue weighted by molar-refractivity contribution is 0.102. The minimum Gasteiger partial charge on any atom is -0.369 e. The van der Waals surface area contributed by atoms with Gasteiger partial charge in [0.2, 0.25) is 0 Å². The zero-order chi connectivity index (χ0) is 19.3. The second-order valence-corrected chi connectivity index (χ2v) is 8.06. The van der Waals surface area contributed by atoms with Gasteiger partial charge in [-0.2, -0.15) is 0 Å². The number of nitrogens with zero attached hydrogens (tertiary/aromatic N) is 1. The first kappa shape index (κ1) is 19.2. The Kier molecular flexibility index (Phi) is 5.97. The quantitative estimate of drug-likeness (QED) is 0.846. The SMILES string of the molecule is CC(C)(C)C=Cc1ccc(C(=O)Nc2ccc(N3CCNCC3)cc2)cc1. The summed E-state index contributed by atoms with van der Waals surface area (Å²) in [6.45, 7) is 10.6. The van der Waals surface area contributed by atoms with E-state index in [1.165, 1.54) is 5.69 Å². The number of carbonyl (C=O) groups excluding carboxylic acids is 1. The molecule has 0 aliphatic carbocycles. The molecular formula is C23H29N3O. The van der Waals surface area contributed by atoms with Crippen molar-refractivity contribution >= 4 is 23.4 Å². The molecule has 2 aromatic carbocycles. The third kappa shape index (κ3) is 5.69. The van der Waals surface area contributed by atoms with E-state index in [1.807, 2.05) is 36.4 Å². The predicted octanol–water partition coefficient (Wildman–Crippen LogP) is 4.41. The number of allylic oxidation sites excluding steroid dienone is 1. The third-order valence-electron chi connectivity index (χ3n) is 4.56. The number of amides is 1. The minimum absolute atomic E-state index is 0.0868. The summed E-state index contributed by atoms with van der Waals surface area (Å²) < 4.78 is 0. The fourth-order valence-corrected chi connectivity index (χ4v) is 2.97. The molecule has 0 aromatic heterocycles. The summed E-state index contributed by atoms with van der Waals surface area (Å²) in [5.74, 6) is -0.0868. The first-order valence-electron chi connectivity index (χ1n) is 9.57. The van der Waals surface area contributed by atoms with Gasteiger partial charge in [-0.15, -0.1) is 0 Å². The van der Waals surface area contributed by atoms with Crippen LogP contribution in [0.3, 0.4) is 0 Å². The fraction of sp³-hybridized carbons (Fsp3) is 0.348. The summed E-state index contributed by atoms with van der Waals surface area (Å²) >= 11 is 0. The molecule has 0 spiro atoms. The number of hydrogen-bond donors (Lipinski definition) is 2. The van der Waals surface area contributed by atoms with Gasteiger partial charge in [0.1, 0.15) is 0 Å². The van der Waals surface area contributed by atoms with E-state index < -0.39 is 0 Å². The van der Waals surface area contributed by atoms with Gasteiger partial charge >= 0.3 is 0 Å². The van der Waals surface area contributed by atoms with Crippen molar-refractivity contribution in [3.63, 3.8) is 0 Å². The number of anilines is 2. The lowest BCUT2D eigenvalue weighted by Gasteiger charge is -2.29. The van der Waals surface area contributed by atoms with Crippen LogP contribution in [0.25, 0.3) is 6.08 Å². The topological polar surface area (TPSA) is 44.4 Å². The number of benzene rings is 2. The predicted molar refractivity (Wildman–Crippen MR) is 114 cm³/mol. The van der Waals surface area contributed by atoms with Crippen molar-refractivity contribution in [1.82, 2.24) is 5.32 Å². The first-order chi connectivity index (χ1) is 12.9. The molecule has 1 fully saturated rings. The summed E-state index contributed by atoms with van der Waals surface area (Å²) in [6, 6.07) is 15.8. The second kappa shape index (κ2) is 8.40. The lowest BCUT2D eigenvalue weighted by atomic mass is 9.95. The zero-order valence-corrected chi connectivity index (χ0v) is 16.5. The Hall–Kier alpha value is -2.59. The van der Waals surface area contributed by atoms with E-state index in [2.05, 4.69) is 60.6 Å². The van der Waals surface area contributed by atoms with Crippen LogP contribution in [-0.4, -0.2) is 32.1 Å². The number of piperazine rings is 1. The maximum absolute atomic E-state index is 12.5. The Labute approximate surface area is 162 Å². The van der Waals surface area contributed by atoms with E-state index in [4.69, 9.17) is 0 Å². The highest BCUT2D eigenvalue weighted by Gasteiger charge is 2.11. The fourth-order valence-electron chi connectivity index (χ4n) is 2.97.